The summed E-state index contributed by atoms with van der Waals surface area (Å²) in [6.45, 7) is 6.27. The molecule has 5 rings (SSSR count). The van der Waals surface area contributed by atoms with Crippen LogP contribution in [0.2, 0.25) is 0 Å². The fraction of sp³-hybridized carbons (Fsp3) is 0.300. The smallest absolute Gasteiger partial charge is 0.435 e. The molecular weight excluding hydrogens is 581 g/mol. The average molecular weight is 611 g/mol. The number of fused-ring (bicyclic) bond motifs is 1. The number of alkyl halides is 3. The van der Waals surface area contributed by atoms with E-state index in [1.165, 1.54) is 18.3 Å². The fourth-order valence-electron chi connectivity index (χ4n) is 4.49. The number of nitrogens with zero attached hydrogens (tertiary/aromatic N) is 4. The Labute approximate surface area is 249 Å². The molecule has 14 heteroatoms. The van der Waals surface area contributed by atoms with Crippen molar-refractivity contribution in [2.75, 3.05) is 23.7 Å². The van der Waals surface area contributed by atoms with Crippen LogP contribution in [-0.2, 0) is 10.9 Å². The van der Waals surface area contributed by atoms with Gasteiger partial charge in [0.1, 0.15) is 22.9 Å². The van der Waals surface area contributed by atoms with E-state index >= 15 is 0 Å². The monoisotopic (exact) mass is 610 g/mol. The number of carbonyl (C=O) groups is 3. The van der Waals surface area contributed by atoms with E-state index in [-0.39, 0.29) is 16.9 Å². The molecule has 11 nitrogen and oxygen atoms in total. The third-order valence-corrected chi connectivity index (χ3v) is 6.50. The highest BCUT2D eigenvalue weighted by molar-refractivity contribution is 6.12. The predicted octanol–water partition coefficient (Wildman–Crippen LogP) is 6.91. The van der Waals surface area contributed by atoms with Gasteiger partial charge in [0.2, 0.25) is 0 Å². The number of likely N-dealkylation sites (tertiary alicyclic amines) is 1. The fourth-order valence-corrected chi connectivity index (χ4v) is 4.49. The van der Waals surface area contributed by atoms with Crippen LogP contribution in [0.15, 0.2) is 60.8 Å². The summed E-state index contributed by atoms with van der Waals surface area (Å²) in [7, 11) is 0. The van der Waals surface area contributed by atoms with Gasteiger partial charge in [-0.25, -0.2) is 14.6 Å². The standard InChI is InChI=1S/C30H29F3N6O5/c1-29(2,3)44-28(42)39-23-11-6-18(30(31,32)33)16-22(23)25(37-39)26(40)35-19-7-9-20(10-8-19)43-21-12-13-34-24(17-21)36-27(41)38-14-4-5-15-38/h6-13,16-17H,4-5,14-15H2,1-3H3,(H,35,40)(H,34,36,41). The van der Waals surface area contributed by atoms with Crippen LogP contribution in [0.4, 0.5) is 34.3 Å². The Balaban J connectivity index is 1.32. The Bertz CT molecular complexity index is 1710. The highest BCUT2D eigenvalue weighted by atomic mass is 19.4. The first-order valence-electron chi connectivity index (χ1n) is 13.7. The van der Waals surface area contributed by atoms with Gasteiger partial charge >= 0.3 is 18.3 Å². The van der Waals surface area contributed by atoms with Crippen LogP contribution in [0.5, 0.6) is 11.5 Å². The summed E-state index contributed by atoms with van der Waals surface area (Å²) in [5.41, 5.74) is -2.03. The molecule has 1 aliphatic heterocycles. The molecule has 2 aromatic heterocycles. The van der Waals surface area contributed by atoms with Crippen LogP contribution in [0, 0.1) is 0 Å². The zero-order valence-electron chi connectivity index (χ0n) is 24.1. The topological polar surface area (TPSA) is 128 Å². The lowest BCUT2D eigenvalue weighted by Gasteiger charge is -2.19. The Kier molecular flexibility index (Phi) is 8.17. The molecule has 44 heavy (non-hydrogen) atoms. The number of benzene rings is 2. The maximum atomic E-state index is 13.5. The van der Waals surface area contributed by atoms with Crippen LogP contribution in [-0.4, -0.2) is 56.4 Å². The van der Waals surface area contributed by atoms with Crippen molar-refractivity contribution in [3.63, 3.8) is 0 Å². The number of carbonyl (C=O) groups excluding carboxylic acids is 3. The van der Waals surface area contributed by atoms with Crippen molar-refractivity contribution in [3.8, 4) is 11.5 Å². The van der Waals surface area contributed by atoms with E-state index in [4.69, 9.17) is 9.47 Å². The number of halogens is 3. The van der Waals surface area contributed by atoms with E-state index < -0.39 is 35.0 Å². The SMILES string of the molecule is CC(C)(C)OC(=O)n1nc(C(=O)Nc2ccc(Oc3ccnc(NC(=O)N4CCCC4)c3)cc2)c2cc(C(F)(F)F)ccc21. The van der Waals surface area contributed by atoms with Crippen molar-refractivity contribution in [2.24, 2.45) is 0 Å². The molecule has 0 atom stereocenters. The van der Waals surface area contributed by atoms with Gasteiger partial charge in [-0.1, -0.05) is 0 Å². The van der Waals surface area contributed by atoms with Crippen LogP contribution in [0.1, 0.15) is 49.7 Å². The summed E-state index contributed by atoms with van der Waals surface area (Å²) >= 11 is 0. The van der Waals surface area contributed by atoms with Crippen LogP contribution >= 0.6 is 0 Å². The number of aromatic nitrogens is 3. The molecule has 0 spiro atoms. The van der Waals surface area contributed by atoms with Crippen molar-refractivity contribution < 1.29 is 37.0 Å². The molecule has 3 amide bonds. The number of hydrogen-bond acceptors (Lipinski definition) is 7. The second kappa shape index (κ2) is 11.9. The molecule has 3 heterocycles. The van der Waals surface area contributed by atoms with Crippen molar-refractivity contribution in [1.29, 1.82) is 0 Å². The van der Waals surface area contributed by atoms with Gasteiger partial charge in [-0.2, -0.15) is 23.0 Å². The molecule has 230 valence electrons. The summed E-state index contributed by atoms with van der Waals surface area (Å²) in [5.74, 6) is 0.307. The van der Waals surface area contributed by atoms with E-state index in [2.05, 4.69) is 20.7 Å². The Hall–Kier alpha value is -5.14. The largest absolute Gasteiger partial charge is 0.457 e. The Morgan fingerprint density at radius 3 is 2.25 bits per heavy atom. The summed E-state index contributed by atoms with van der Waals surface area (Å²) in [5, 5.41) is 9.19. The number of anilines is 2. The lowest BCUT2D eigenvalue weighted by atomic mass is 10.1. The highest BCUT2D eigenvalue weighted by Gasteiger charge is 2.33. The van der Waals surface area contributed by atoms with Crippen LogP contribution in [0.3, 0.4) is 0 Å². The van der Waals surface area contributed by atoms with Gasteiger partial charge in [0.25, 0.3) is 5.91 Å². The third-order valence-electron chi connectivity index (χ3n) is 6.50. The van der Waals surface area contributed by atoms with E-state index in [1.807, 2.05) is 0 Å². The molecule has 0 unspecified atom stereocenters. The highest BCUT2D eigenvalue weighted by Crippen LogP contribution is 2.33. The number of rotatable bonds is 5. The molecule has 2 aromatic carbocycles. The molecular formula is C30H29F3N6O5. The minimum absolute atomic E-state index is 0.0190. The van der Waals surface area contributed by atoms with Gasteiger partial charge < -0.3 is 19.7 Å². The van der Waals surface area contributed by atoms with E-state index in [9.17, 15) is 27.6 Å². The van der Waals surface area contributed by atoms with E-state index in [0.717, 1.165) is 35.7 Å². The number of ether oxygens (including phenoxy) is 2. The summed E-state index contributed by atoms with van der Waals surface area (Å²) < 4.78 is 52.3. The van der Waals surface area contributed by atoms with Crippen LogP contribution < -0.4 is 15.4 Å². The first-order chi connectivity index (χ1) is 20.8. The van der Waals surface area contributed by atoms with Gasteiger partial charge in [-0.15, -0.1) is 0 Å². The van der Waals surface area contributed by atoms with Gasteiger partial charge in [-0.05, 0) is 82.1 Å². The molecule has 0 aliphatic carbocycles. The van der Waals surface area contributed by atoms with Gasteiger partial charge in [-0.3, -0.25) is 10.1 Å². The minimum Gasteiger partial charge on any atom is -0.457 e. The zero-order valence-corrected chi connectivity index (χ0v) is 24.1. The van der Waals surface area contributed by atoms with Gasteiger partial charge in [0, 0.05) is 36.4 Å². The summed E-state index contributed by atoms with van der Waals surface area (Å²) in [4.78, 5) is 44.2. The van der Waals surface area contributed by atoms with Crippen LogP contribution in [0.25, 0.3) is 10.9 Å². The second-order valence-corrected chi connectivity index (χ2v) is 11.1. The molecule has 0 saturated carbocycles. The molecule has 4 aromatic rings. The van der Waals surface area contributed by atoms with Crippen molar-refractivity contribution in [3.05, 3.63) is 72.1 Å². The second-order valence-electron chi connectivity index (χ2n) is 11.1. The summed E-state index contributed by atoms with van der Waals surface area (Å²) in [6.07, 6.45) is -2.20. The van der Waals surface area contributed by atoms with Crippen molar-refractivity contribution in [2.45, 2.75) is 45.4 Å². The molecule has 0 radical (unpaired) electrons. The Morgan fingerprint density at radius 2 is 1.59 bits per heavy atom. The lowest BCUT2D eigenvalue weighted by molar-refractivity contribution is -0.137. The van der Waals surface area contributed by atoms with Crippen molar-refractivity contribution in [1.82, 2.24) is 19.7 Å². The number of urea groups is 1. The lowest BCUT2D eigenvalue weighted by Crippen LogP contribution is -2.32. The first-order valence-corrected chi connectivity index (χ1v) is 13.7. The maximum absolute atomic E-state index is 13.5. The molecule has 0 bridgehead atoms. The third kappa shape index (κ3) is 7.07. The first kappa shape index (κ1) is 30.3. The number of nitrogens with one attached hydrogen (secondary N) is 2. The molecule has 2 N–H and O–H groups in total. The maximum Gasteiger partial charge on any atom is 0.435 e. The normalized spacial score (nSPS) is 13.5. The molecule has 1 fully saturated rings. The molecule has 1 aliphatic rings. The minimum atomic E-state index is -4.68. The van der Waals surface area contributed by atoms with Crippen molar-refractivity contribution >= 4 is 40.4 Å². The average Bonchev–Trinajstić information content (AvgIpc) is 3.62. The number of amides is 3. The van der Waals surface area contributed by atoms with Gasteiger partial charge in [0.05, 0.1) is 11.1 Å². The quantitative estimate of drug-likeness (QED) is 0.251. The molecule has 1 saturated heterocycles. The van der Waals surface area contributed by atoms with E-state index in [0.29, 0.717) is 36.1 Å². The number of hydrogen-bond donors (Lipinski definition) is 2. The predicted molar refractivity (Wildman–Crippen MR) is 155 cm³/mol. The zero-order chi connectivity index (χ0) is 31.6. The number of pyridine rings is 1. The van der Waals surface area contributed by atoms with Gasteiger partial charge in [0.15, 0.2) is 5.69 Å². The Morgan fingerprint density at radius 1 is 0.886 bits per heavy atom. The summed E-state index contributed by atoms with van der Waals surface area (Å²) in [6, 6.07) is 11.8. The van der Waals surface area contributed by atoms with E-state index in [1.54, 1.807) is 49.9 Å².